The molecule has 3 nitrogen and oxygen atoms in total. The Morgan fingerprint density at radius 2 is 1.74 bits per heavy atom. The molecule has 98 valence electrons. The van der Waals surface area contributed by atoms with Crippen LogP contribution in [0.3, 0.4) is 0 Å². The number of hydroxylamine groups is 1. The molecule has 0 bridgehead atoms. The average Bonchev–Trinajstić information content (AvgIpc) is 2.47. The van der Waals surface area contributed by atoms with Crippen LogP contribution in [0.5, 0.6) is 5.75 Å². The lowest BCUT2D eigenvalue weighted by molar-refractivity contribution is -0.451. The highest BCUT2D eigenvalue weighted by Crippen LogP contribution is 2.09. The fourth-order valence-electron chi connectivity index (χ4n) is 1.80. The zero-order valence-corrected chi connectivity index (χ0v) is 11.0. The Bertz CT molecular complexity index is 532. The van der Waals surface area contributed by atoms with Gasteiger partial charge in [0.2, 0.25) is 0 Å². The van der Waals surface area contributed by atoms with Gasteiger partial charge in [-0.05, 0) is 29.8 Å². The number of rotatable bonds is 5. The highest BCUT2D eigenvalue weighted by Gasteiger charge is 1.99. The van der Waals surface area contributed by atoms with Gasteiger partial charge in [-0.25, -0.2) is 4.74 Å². The number of nitrogens with zero attached hydrogens (tertiary/aromatic N) is 1. The fourth-order valence-corrected chi connectivity index (χ4v) is 1.80. The number of benzene rings is 2. The summed E-state index contributed by atoms with van der Waals surface area (Å²) in [6.07, 6.45) is 2.35. The largest absolute Gasteiger partial charge is 0.624 e. The van der Waals surface area contributed by atoms with E-state index < -0.39 is 0 Å². The van der Waals surface area contributed by atoms with Crippen molar-refractivity contribution in [1.29, 1.82) is 0 Å². The summed E-state index contributed by atoms with van der Waals surface area (Å²) in [5.41, 5.74) is 2.05. The van der Waals surface area contributed by atoms with Gasteiger partial charge in [0.25, 0.3) is 0 Å². The third kappa shape index (κ3) is 4.14. The van der Waals surface area contributed by atoms with Gasteiger partial charge in [0.15, 0.2) is 12.8 Å². The second-order valence-corrected chi connectivity index (χ2v) is 4.28. The summed E-state index contributed by atoms with van der Waals surface area (Å²) in [5, 5.41) is 11.8. The summed E-state index contributed by atoms with van der Waals surface area (Å²) in [6, 6.07) is 17.4. The van der Waals surface area contributed by atoms with Crippen LogP contribution in [0.4, 0.5) is 0 Å². The first kappa shape index (κ1) is 13.1. The molecule has 0 aliphatic rings. The van der Waals surface area contributed by atoms with Gasteiger partial charge in [-0.3, -0.25) is 0 Å². The topological polar surface area (TPSA) is 35.3 Å². The summed E-state index contributed by atoms with van der Waals surface area (Å²) in [6.45, 7) is 0.454. The molecule has 2 rings (SSSR count). The van der Waals surface area contributed by atoms with Crippen LogP contribution in [-0.4, -0.2) is 24.6 Å². The van der Waals surface area contributed by atoms with Crippen molar-refractivity contribution in [3.63, 3.8) is 0 Å². The molecule has 0 saturated heterocycles. The monoisotopic (exact) mass is 255 g/mol. The lowest BCUT2D eigenvalue weighted by atomic mass is 10.1. The van der Waals surface area contributed by atoms with E-state index in [1.165, 1.54) is 5.56 Å². The molecule has 0 aromatic heterocycles. The Morgan fingerprint density at radius 3 is 2.37 bits per heavy atom. The van der Waals surface area contributed by atoms with E-state index in [1.54, 1.807) is 13.3 Å². The van der Waals surface area contributed by atoms with Crippen molar-refractivity contribution in [1.82, 2.24) is 0 Å². The molecular formula is C16H17NO2. The van der Waals surface area contributed by atoms with E-state index in [2.05, 4.69) is 0 Å². The molecule has 0 radical (unpaired) electrons. The first-order valence-corrected chi connectivity index (χ1v) is 6.24. The lowest BCUT2D eigenvalue weighted by Gasteiger charge is -2.04. The summed E-state index contributed by atoms with van der Waals surface area (Å²) in [5.74, 6) is 0.791. The van der Waals surface area contributed by atoms with Crippen molar-refractivity contribution in [3.05, 3.63) is 70.9 Å². The third-order valence-corrected chi connectivity index (χ3v) is 2.87. The zero-order chi connectivity index (χ0) is 13.5. The maximum absolute atomic E-state index is 11.8. The van der Waals surface area contributed by atoms with Gasteiger partial charge >= 0.3 is 0 Å². The Kier molecular flexibility index (Phi) is 4.56. The molecule has 19 heavy (non-hydrogen) atoms. The van der Waals surface area contributed by atoms with E-state index in [0.717, 1.165) is 22.5 Å². The van der Waals surface area contributed by atoms with Gasteiger partial charge < -0.3 is 9.94 Å². The molecule has 0 aliphatic carbocycles. The predicted octanol–water partition coefficient (Wildman–Crippen LogP) is 2.87. The number of hydrogen-bond donors (Lipinski definition) is 0. The lowest BCUT2D eigenvalue weighted by Crippen LogP contribution is -2.10. The molecular weight excluding hydrogens is 238 g/mol. The van der Waals surface area contributed by atoms with Crippen LogP contribution >= 0.6 is 0 Å². The second kappa shape index (κ2) is 6.59. The maximum atomic E-state index is 11.8. The Labute approximate surface area is 113 Å². The fraction of sp³-hybridized carbons (Fsp3) is 0.188. The van der Waals surface area contributed by atoms with Crippen LogP contribution in [0, 0.1) is 5.21 Å². The SMILES string of the molecule is COc1ccc(/C=[N+](/[O-])CCc2ccccc2)cc1. The van der Waals surface area contributed by atoms with Crippen molar-refractivity contribution in [2.24, 2.45) is 0 Å². The molecule has 2 aromatic carbocycles. The Balaban J connectivity index is 1.94. The second-order valence-electron chi connectivity index (χ2n) is 4.28. The van der Waals surface area contributed by atoms with Gasteiger partial charge in [0, 0.05) is 12.0 Å². The average molecular weight is 255 g/mol. The van der Waals surface area contributed by atoms with Crippen molar-refractivity contribution < 1.29 is 9.48 Å². The van der Waals surface area contributed by atoms with Crippen LogP contribution in [0.2, 0.25) is 0 Å². The molecule has 0 heterocycles. The van der Waals surface area contributed by atoms with Gasteiger partial charge in [0.05, 0.1) is 7.11 Å². The van der Waals surface area contributed by atoms with Gasteiger partial charge in [0.1, 0.15) is 5.75 Å². The van der Waals surface area contributed by atoms with E-state index in [4.69, 9.17) is 4.74 Å². The van der Waals surface area contributed by atoms with Gasteiger partial charge in [-0.15, -0.1) is 0 Å². The van der Waals surface area contributed by atoms with E-state index in [9.17, 15) is 5.21 Å². The molecule has 0 aliphatic heterocycles. The quantitative estimate of drug-likeness (QED) is 0.356. The van der Waals surface area contributed by atoms with Crippen molar-refractivity contribution in [3.8, 4) is 5.75 Å². The van der Waals surface area contributed by atoms with Crippen LogP contribution in [0.1, 0.15) is 11.1 Å². The van der Waals surface area contributed by atoms with Crippen LogP contribution < -0.4 is 4.74 Å². The molecule has 0 amide bonds. The minimum atomic E-state index is 0.454. The zero-order valence-electron chi connectivity index (χ0n) is 11.0. The summed E-state index contributed by atoms with van der Waals surface area (Å²) in [7, 11) is 1.62. The van der Waals surface area contributed by atoms with E-state index in [1.807, 2.05) is 54.6 Å². The van der Waals surface area contributed by atoms with E-state index in [-0.39, 0.29) is 0 Å². The van der Waals surface area contributed by atoms with Crippen LogP contribution in [0.15, 0.2) is 54.6 Å². The maximum Gasteiger partial charge on any atom is 0.181 e. The predicted molar refractivity (Wildman–Crippen MR) is 76.8 cm³/mol. The number of methoxy groups -OCH3 is 1. The van der Waals surface area contributed by atoms with Crippen LogP contribution in [0.25, 0.3) is 0 Å². The number of hydrogen-bond acceptors (Lipinski definition) is 2. The Hall–Kier alpha value is -2.29. The smallest absolute Gasteiger partial charge is 0.181 e. The van der Waals surface area contributed by atoms with E-state index in [0.29, 0.717) is 6.54 Å². The van der Waals surface area contributed by atoms with Crippen molar-refractivity contribution >= 4 is 6.21 Å². The summed E-state index contributed by atoms with van der Waals surface area (Å²) < 4.78 is 6.04. The number of ether oxygens (including phenoxy) is 1. The third-order valence-electron chi connectivity index (χ3n) is 2.87. The molecule has 2 aromatic rings. The van der Waals surface area contributed by atoms with Gasteiger partial charge in [-0.1, -0.05) is 30.3 Å². The highest BCUT2D eigenvalue weighted by molar-refractivity contribution is 5.75. The molecule has 0 fully saturated rings. The molecule has 0 N–H and O–H groups in total. The highest BCUT2D eigenvalue weighted by atomic mass is 16.5. The summed E-state index contributed by atoms with van der Waals surface area (Å²) >= 11 is 0. The Morgan fingerprint density at radius 1 is 1.05 bits per heavy atom. The first-order valence-electron chi connectivity index (χ1n) is 6.24. The first-order chi connectivity index (χ1) is 9.28. The molecule has 0 saturated carbocycles. The van der Waals surface area contributed by atoms with E-state index >= 15 is 0 Å². The molecule has 0 unspecified atom stereocenters. The molecule has 0 atom stereocenters. The normalized spacial score (nSPS) is 11.3. The molecule has 3 heteroatoms. The standard InChI is InChI=1S/C16H17NO2/c1-19-16-9-7-15(8-10-16)13-17(18)12-11-14-5-3-2-4-6-14/h2-10,13H,11-12H2,1H3/b17-13+. The molecule has 0 spiro atoms. The van der Waals surface area contributed by atoms with Gasteiger partial charge in [-0.2, -0.15) is 0 Å². The van der Waals surface area contributed by atoms with Crippen LogP contribution in [-0.2, 0) is 6.42 Å². The summed E-state index contributed by atoms with van der Waals surface area (Å²) in [4.78, 5) is 0. The van der Waals surface area contributed by atoms with Crippen molar-refractivity contribution in [2.45, 2.75) is 6.42 Å². The minimum Gasteiger partial charge on any atom is -0.624 e. The minimum absolute atomic E-state index is 0.454. The van der Waals surface area contributed by atoms with Crippen molar-refractivity contribution in [2.75, 3.05) is 13.7 Å².